The smallest absolute Gasteiger partial charge is 0.322 e. The number of amides is 3. The summed E-state index contributed by atoms with van der Waals surface area (Å²) >= 11 is 5.85. The van der Waals surface area contributed by atoms with Gasteiger partial charge >= 0.3 is 6.03 Å². The van der Waals surface area contributed by atoms with Crippen molar-refractivity contribution in [3.8, 4) is 0 Å². The number of halogens is 2. The Morgan fingerprint density at radius 3 is 2.50 bits per heavy atom. The number of nitrogens with one attached hydrogen (secondary N) is 2. The Morgan fingerprint density at radius 2 is 1.81 bits per heavy atom. The molecule has 1 atom stereocenters. The third-order valence-corrected chi connectivity index (χ3v) is 4.54. The van der Waals surface area contributed by atoms with E-state index in [1.807, 2.05) is 12.1 Å². The fourth-order valence-electron chi connectivity index (χ4n) is 2.92. The number of benzene rings is 2. The highest BCUT2D eigenvalue weighted by atomic mass is 35.5. The maximum absolute atomic E-state index is 13.0. The zero-order chi connectivity index (χ0) is 18.5. The first-order valence-corrected chi connectivity index (χ1v) is 8.76. The summed E-state index contributed by atoms with van der Waals surface area (Å²) in [7, 11) is 0. The van der Waals surface area contributed by atoms with E-state index in [2.05, 4.69) is 10.6 Å². The summed E-state index contributed by atoms with van der Waals surface area (Å²) in [6, 6.07) is 11.9. The van der Waals surface area contributed by atoms with Gasteiger partial charge in [0, 0.05) is 23.8 Å². The molecule has 136 valence electrons. The number of carbonyl (C=O) groups is 2. The first-order chi connectivity index (χ1) is 12.5. The summed E-state index contributed by atoms with van der Waals surface area (Å²) in [5.74, 6) is -0.560. The second kappa shape index (κ2) is 8.19. The average molecular weight is 376 g/mol. The second-order valence-corrected chi connectivity index (χ2v) is 6.57. The lowest BCUT2D eigenvalue weighted by Crippen LogP contribution is -2.47. The summed E-state index contributed by atoms with van der Waals surface area (Å²) < 4.78 is 13.0. The Kier molecular flexibility index (Phi) is 5.73. The standard InChI is InChI=1S/C19H19ClFN3O2/c20-14-5-3-13(4-6-14)12-22-18(25)17-2-1-11-24(17)19(26)23-16-9-7-15(21)8-10-16/h3-10,17H,1-2,11-12H2,(H,22,25)(H,23,26)/t17-/m1/s1. The molecule has 1 aliphatic heterocycles. The summed E-state index contributed by atoms with van der Waals surface area (Å²) in [6.45, 7) is 0.881. The van der Waals surface area contributed by atoms with Crippen LogP contribution >= 0.6 is 11.6 Å². The highest BCUT2D eigenvalue weighted by Gasteiger charge is 2.34. The van der Waals surface area contributed by atoms with Gasteiger partial charge in [0.25, 0.3) is 0 Å². The van der Waals surface area contributed by atoms with E-state index in [4.69, 9.17) is 11.6 Å². The van der Waals surface area contributed by atoms with Gasteiger partial charge in [0.15, 0.2) is 0 Å². The molecule has 0 unspecified atom stereocenters. The highest BCUT2D eigenvalue weighted by Crippen LogP contribution is 2.20. The van der Waals surface area contributed by atoms with Crippen LogP contribution in [0.3, 0.4) is 0 Å². The van der Waals surface area contributed by atoms with Crippen LogP contribution in [0, 0.1) is 5.82 Å². The Balaban J connectivity index is 1.57. The molecule has 0 aromatic heterocycles. The van der Waals surface area contributed by atoms with Crippen molar-refractivity contribution in [1.82, 2.24) is 10.2 Å². The number of carbonyl (C=O) groups excluding carboxylic acids is 2. The van der Waals surface area contributed by atoms with E-state index >= 15 is 0 Å². The van der Waals surface area contributed by atoms with Crippen LogP contribution in [0.25, 0.3) is 0 Å². The molecule has 1 saturated heterocycles. The zero-order valence-corrected chi connectivity index (χ0v) is 14.8. The average Bonchev–Trinajstić information content (AvgIpc) is 3.13. The molecule has 0 radical (unpaired) electrons. The van der Waals surface area contributed by atoms with E-state index in [1.54, 1.807) is 12.1 Å². The van der Waals surface area contributed by atoms with Crippen molar-refractivity contribution in [2.24, 2.45) is 0 Å². The predicted molar refractivity (Wildman–Crippen MR) is 98.4 cm³/mol. The molecular formula is C19H19ClFN3O2. The largest absolute Gasteiger partial charge is 0.350 e. The number of urea groups is 1. The SMILES string of the molecule is O=C(NCc1ccc(Cl)cc1)[C@H]1CCCN1C(=O)Nc1ccc(F)cc1. The molecule has 7 heteroatoms. The van der Waals surface area contributed by atoms with Crippen molar-refractivity contribution >= 4 is 29.2 Å². The van der Waals surface area contributed by atoms with E-state index in [1.165, 1.54) is 29.2 Å². The molecule has 1 aliphatic rings. The molecule has 2 aromatic carbocycles. The van der Waals surface area contributed by atoms with Gasteiger partial charge in [0.05, 0.1) is 0 Å². The second-order valence-electron chi connectivity index (χ2n) is 6.13. The van der Waals surface area contributed by atoms with Gasteiger partial charge in [-0.05, 0) is 54.8 Å². The number of hydrogen-bond donors (Lipinski definition) is 2. The zero-order valence-electron chi connectivity index (χ0n) is 14.0. The molecule has 1 fully saturated rings. The van der Waals surface area contributed by atoms with Gasteiger partial charge in [0.1, 0.15) is 11.9 Å². The van der Waals surface area contributed by atoms with Crippen molar-refractivity contribution in [2.75, 3.05) is 11.9 Å². The number of anilines is 1. The van der Waals surface area contributed by atoms with Crippen LogP contribution in [0.4, 0.5) is 14.9 Å². The topological polar surface area (TPSA) is 61.4 Å². The van der Waals surface area contributed by atoms with Crippen LogP contribution in [-0.4, -0.2) is 29.4 Å². The number of hydrogen-bond acceptors (Lipinski definition) is 2. The van der Waals surface area contributed by atoms with Gasteiger partial charge in [-0.3, -0.25) is 4.79 Å². The maximum atomic E-state index is 13.0. The molecule has 2 aromatic rings. The van der Waals surface area contributed by atoms with Crippen molar-refractivity contribution < 1.29 is 14.0 Å². The summed E-state index contributed by atoms with van der Waals surface area (Å²) in [6.07, 6.45) is 1.37. The quantitative estimate of drug-likeness (QED) is 0.854. The van der Waals surface area contributed by atoms with Crippen LogP contribution in [0.1, 0.15) is 18.4 Å². The first kappa shape index (κ1) is 18.2. The van der Waals surface area contributed by atoms with E-state index in [9.17, 15) is 14.0 Å². The maximum Gasteiger partial charge on any atom is 0.322 e. The Labute approximate surface area is 156 Å². The van der Waals surface area contributed by atoms with Gasteiger partial charge in [-0.25, -0.2) is 9.18 Å². The minimum absolute atomic E-state index is 0.188. The van der Waals surface area contributed by atoms with Gasteiger partial charge < -0.3 is 15.5 Å². The van der Waals surface area contributed by atoms with Crippen molar-refractivity contribution in [3.05, 3.63) is 64.9 Å². The lowest BCUT2D eigenvalue weighted by molar-refractivity contribution is -0.124. The van der Waals surface area contributed by atoms with Crippen LogP contribution in [0.2, 0.25) is 5.02 Å². The van der Waals surface area contributed by atoms with Crippen molar-refractivity contribution in [1.29, 1.82) is 0 Å². The van der Waals surface area contributed by atoms with Gasteiger partial charge in [-0.2, -0.15) is 0 Å². The molecule has 0 aliphatic carbocycles. The van der Waals surface area contributed by atoms with Crippen LogP contribution < -0.4 is 10.6 Å². The lowest BCUT2D eigenvalue weighted by Gasteiger charge is -2.24. The van der Waals surface area contributed by atoms with Crippen LogP contribution in [-0.2, 0) is 11.3 Å². The molecule has 3 amide bonds. The van der Waals surface area contributed by atoms with Crippen LogP contribution in [0.5, 0.6) is 0 Å². The first-order valence-electron chi connectivity index (χ1n) is 8.38. The Morgan fingerprint density at radius 1 is 1.12 bits per heavy atom. The Bertz CT molecular complexity index is 780. The highest BCUT2D eigenvalue weighted by molar-refractivity contribution is 6.30. The van der Waals surface area contributed by atoms with E-state index in [0.29, 0.717) is 30.2 Å². The molecule has 3 rings (SSSR count). The number of rotatable bonds is 4. The molecule has 2 N–H and O–H groups in total. The molecule has 0 spiro atoms. The van der Waals surface area contributed by atoms with Gasteiger partial charge in [0.2, 0.25) is 5.91 Å². The summed E-state index contributed by atoms with van der Waals surface area (Å²) in [5, 5.41) is 6.20. The monoisotopic (exact) mass is 375 g/mol. The van der Waals surface area contributed by atoms with E-state index in [-0.39, 0.29) is 17.8 Å². The van der Waals surface area contributed by atoms with E-state index < -0.39 is 6.04 Å². The summed E-state index contributed by atoms with van der Waals surface area (Å²) in [5.41, 5.74) is 1.42. The number of likely N-dealkylation sites (tertiary alicyclic amines) is 1. The third-order valence-electron chi connectivity index (χ3n) is 4.29. The Hall–Kier alpha value is -2.60. The fourth-order valence-corrected chi connectivity index (χ4v) is 3.05. The van der Waals surface area contributed by atoms with Crippen LogP contribution in [0.15, 0.2) is 48.5 Å². The minimum atomic E-state index is -0.511. The van der Waals surface area contributed by atoms with Crippen molar-refractivity contribution in [2.45, 2.75) is 25.4 Å². The molecule has 0 saturated carbocycles. The minimum Gasteiger partial charge on any atom is -0.350 e. The summed E-state index contributed by atoms with van der Waals surface area (Å²) in [4.78, 5) is 26.5. The normalized spacial score (nSPS) is 16.4. The molecule has 26 heavy (non-hydrogen) atoms. The molecule has 0 bridgehead atoms. The number of nitrogens with zero attached hydrogens (tertiary/aromatic N) is 1. The molecular weight excluding hydrogens is 357 g/mol. The van der Waals surface area contributed by atoms with Gasteiger partial charge in [-0.15, -0.1) is 0 Å². The van der Waals surface area contributed by atoms with E-state index in [0.717, 1.165) is 12.0 Å². The predicted octanol–water partition coefficient (Wildman–Crippen LogP) is 3.79. The molecule has 5 nitrogen and oxygen atoms in total. The molecule has 1 heterocycles. The third kappa shape index (κ3) is 4.52. The lowest BCUT2D eigenvalue weighted by atomic mass is 10.2. The fraction of sp³-hybridized carbons (Fsp3) is 0.263. The van der Waals surface area contributed by atoms with Gasteiger partial charge in [-0.1, -0.05) is 23.7 Å². The van der Waals surface area contributed by atoms with Crippen molar-refractivity contribution in [3.63, 3.8) is 0 Å².